The summed E-state index contributed by atoms with van der Waals surface area (Å²) in [7, 11) is 0. The molecule has 0 bridgehead atoms. The van der Waals surface area contributed by atoms with Crippen LogP contribution < -0.4 is 0 Å². The largest absolute Gasteiger partial charge is 0.393 e. The molecule has 2 aliphatic rings. The Morgan fingerprint density at radius 3 is 2.33 bits per heavy atom. The molecule has 1 aliphatic heterocycles. The maximum absolute atomic E-state index is 11.6. The van der Waals surface area contributed by atoms with E-state index in [4.69, 9.17) is 5.11 Å². The van der Waals surface area contributed by atoms with Crippen LogP contribution in [0.5, 0.6) is 0 Å². The van der Waals surface area contributed by atoms with Crippen LogP contribution >= 0.6 is 0 Å². The van der Waals surface area contributed by atoms with Crippen LogP contribution in [0.25, 0.3) is 0 Å². The maximum Gasteiger partial charge on any atom is 0.225 e. The summed E-state index contributed by atoms with van der Waals surface area (Å²) in [4.78, 5) is 13.5. The zero-order chi connectivity index (χ0) is 8.55. The van der Waals surface area contributed by atoms with Crippen LogP contribution in [0.3, 0.4) is 0 Å². The summed E-state index contributed by atoms with van der Waals surface area (Å²) in [6.45, 7) is 1.87. The number of amides is 1. The lowest BCUT2D eigenvalue weighted by atomic mass is 9.81. The number of nitrogens with zero attached hydrogens (tertiary/aromatic N) is 1. The molecule has 1 amide bonds. The smallest absolute Gasteiger partial charge is 0.225 e. The Bertz CT molecular complexity index is 181. The zero-order valence-corrected chi connectivity index (χ0v) is 7.20. The monoisotopic (exact) mass is 169 g/mol. The molecule has 1 saturated carbocycles. The number of aliphatic hydroxyl groups is 1. The molecular weight excluding hydrogens is 154 g/mol. The summed E-state index contributed by atoms with van der Waals surface area (Å²) in [6, 6.07) is 0. The van der Waals surface area contributed by atoms with E-state index in [1.54, 1.807) is 0 Å². The highest BCUT2D eigenvalue weighted by molar-refractivity contribution is 5.80. The summed E-state index contributed by atoms with van der Waals surface area (Å²) >= 11 is 0. The molecule has 0 unspecified atom stereocenters. The van der Waals surface area contributed by atoms with Crippen LogP contribution in [0.4, 0.5) is 0 Å². The molecule has 0 aromatic carbocycles. The molecule has 0 radical (unpaired) electrons. The number of likely N-dealkylation sites (tertiary alicyclic amines) is 1. The van der Waals surface area contributed by atoms with Crippen LogP contribution in [0.15, 0.2) is 0 Å². The van der Waals surface area contributed by atoms with Gasteiger partial charge in [-0.1, -0.05) is 0 Å². The van der Waals surface area contributed by atoms with Gasteiger partial charge in [0, 0.05) is 19.0 Å². The molecule has 1 N–H and O–H groups in total. The lowest BCUT2D eigenvalue weighted by Gasteiger charge is -2.33. The van der Waals surface area contributed by atoms with Crippen LogP contribution in [0.2, 0.25) is 0 Å². The van der Waals surface area contributed by atoms with Crippen molar-refractivity contribution < 1.29 is 9.90 Å². The molecule has 3 heteroatoms. The third kappa shape index (κ3) is 1.33. The third-order valence-electron chi connectivity index (χ3n) is 2.88. The average molecular weight is 169 g/mol. The second kappa shape index (κ2) is 3.05. The van der Waals surface area contributed by atoms with Crippen molar-refractivity contribution in [1.29, 1.82) is 0 Å². The summed E-state index contributed by atoms with van der Waals surface area (Å²) in [5, 5.41) is 9.04. The molecule has 68 valence electrons. The fraction of sp³-hybridized carbons (Fsp3) is 0.889. The van der Waals surface area contributed by atoms with Crippen molar-refractivity contribution in [2.45, 2.75) is 31.8 Å². The molecule has 1 heterocycles. The van der Waals surface area contributed by atoms with Crippen molar-refractivity contribution in [2.75, 3.05) is 13.1 Å². The van der Waals surface area contributed by atoms with Gasteiger partial charge in [-0.3, -0.25) is 4.79 Å². The van der Waals surface area contributed by atoms with Gasteiger partial charge in [-0.15, -0.1) is 0 Å². The predicted octanol–water partition coefficient (Wildman–Crippen LogP) is 0.380. The first kappa shape index (κ1) is 8.05. The minimum atomic E-state index is -0.207. The fourth-order valence-corrected chi connectivity index (χ4v) is 1.99. The van der Waals surface area contributed by atoms with Crippen molar-refractivity contribution in [3.8, 4) is 0 Å². The van der Waals surface area contributed by atoms with Crippen LogP contribution in [0.1, 0.15) is 25.7 Å². The molecule has 0 spiro atoms. The third-order valence-corrected chi connectivity index (χ3v) is 2.88. The highest BCUT2D eigenvalue weighted by atomic mass is 16.3. The predicted molar refractivity (Wildman–Crippen MR) is 44.5 cm³/mol. The maximum atomic E-state index is 11.6. The second-order valence-corrected chi connectivity index (χ2v) is 3.85. The van der Waals surface area contributed by atoms with Gasteiger partial charge >= 0.3 is 0 Å². The number of aliphatic hydroxyl groups excluding tert-OH is 1. The number of hydrogen-bond acceptors (Lipinski definition) is 2. The van der Waals surface area contributed by atoms with E-state index in [9.17, 15) is 4.79 Å². The molecule has 0 aromatic heterocycles. The number of carbonyl (C=O) groups is 1. The highest BCUT2D eigenvalue weighted by Crippen LogP contribution is 2.29. The number of rotatable bonds is 1. The van der Waals surface area contributed by atoms with Gasteiger partial charge in [-0.2, -0.15) is 0 Å². The van der Waals surface area contributed by atoms with Gasteiger partial charge in [0.15, 0.2) is 0 Å². The first-order valence-corrected chi connectivity index (χ1v) is 4.74. The second-order valence-electron chi connectivity index (χ2n) is 3.85. The Morgan fingerprint density at radius 1 is 1.25 bits per heavy atom. The van der Waals surface area contributed by atoms with Crippen LogP contribution in [0, 0.1) is 5.92 Å². The Labute approximate surface area is 72.4 Å². The van der Waals surface area contributed by atoms with E-state index in [0.29, 0.717) is 12.8 Å². The lowest BCUT2D eigenvalue weighted by Crippen LogP contribution is -2.42. The standard InChI is InChI=1S/C9H15NO2/c11-8-5-7(6-8)9(12)10-3-1-2-4-10/h7-8,11H,1-6H2. The normalized spacial score (nSPS) is 34.9. The van der Waals surface area contributed by atoms with Gasteiger partial charge in [0.2, 0.25) is 5.91 Å². The average Bonchev–Trinajstić information content (AvgIpc) is 2.49. The van der Waals surface area contributed by atoms with Crippen LogP contribution in [-0.4, -0.2) is 35.1 Å². The van der Waals surface area contributed by atoms with Crippen molar-refractivity contribution >= 4 is 5.91 Å². The molecule has 1 saturated heterocycles. The quantitative estimate of drug-likeness (QED) is 0.616. The molecule has 0 atom stereocenters. The van der Waals surface area contributed by atoms with Gasteiger partial charge in [-0.25, -0.2) is 0 Å². The van der Waals surface area contributed by atoms with Crippen LogP contribution in [-0.2, 0) is 4.79 Å². The topological polar surface area (TPSA) is 40.5 Å². The number of carbonyl (C=O) groups excluding carboxylic acids is 1. The van der Waals surface area contributed by atoms with E-state index >= 15 is 0 Å². The van der Waals surface area contributed by atoms with E-state index in [-0.39, 0.29) is 17.9 Å². The highest BCUT2D eigenvalue weighted by Gasteiger charge is 2.36. The van der Waals surface area contributed by atoms with Gasteiger partial charge in [0.1, 0.15) is 0 Å². The van der Waals surface area contributed by atoms with Crippen molar-refractivity contribution in [1.82, 2.24) is 4.90 Å². The molecule has 2 rings (SSSR count). The van der Waals surface area contributed by atoms with E-state index in [1.807, 2.05) is 4.90 Å². The van der Waals surface area contributed by atoms with Crippen molar-refractivity contribution in [2.24, 2.45) is 5.92 Å². The first-order valence-electron chi connectivity index (χ1n) is 4.74. The molecule has 0 aromatic rings. The Morgan fingerprint density at radius 2 is 1.83 bits per heavy atom. The van der Waals surface area contributed by atoms with Gasteiger partial charge in [0.05, 0.1) is 6.10 Å². The fourth-order valence-electron chi connectivity index (χ4n) is 1.99. The first-order chi connectivity index (χ1) is 5.77. The van der Waals surface area contributed by atoms with Crippen molar-refractivity contribution in [3.05, 3.63) is 0 Å². The number of hydrogen-bond donors (Lipinski definition) is 1. The minimum Gasteiger partial charge on any atom is -0.393 e. The summed E-state index contributed by atoms with van der Waals surface area (Å²) in [5.41, 5.74) is 0. The molecule has 2 fully saturated rings. The van der Waals surface area contributed by atoms with Gasteiger partial charge in [-0.05, 0) is 25.7 Å². The lowest BCUT2D eigenvalue weighted by molar-refractivity contribution is -0.141. The van der Waals surface area contributed by atoms with Gasteiger partial charge in [0.25, 0.3) is 0 Å². The summed E-state index contributed by atoms with van der Waals surface area (Å²) in [5.74, 6) is 0.413. The SMILES string of the molecule is O=C(C1CC(O)C1)N1CCCC1. The Balaban J connectivity index is 1.83. The van der Waals surface area contributed by atoms with E-state index in [0.717, 1.165) is 25.9 Å². The summed E-state index contributed by atoms with van der Waals surface area (Å²) in [6.07, 6.45) is 3.48. The van der Waals surface area contributed by atoms with Gasteiger partial charge < -0.3 is 10.0 Å². The minimum absolute atomic E-state index is 0.137. The van der Waals surface area contributed by atoms with E-state index < -0.39 is 0 Å². The Kier molecular flexibility index (Phi) is 2.05. The molecule has 12 heavy (non-hydrogen) atoms. The molecule has 3 nitrogen and oxygen atoms in total. The van der Waals surface area contributed by atoms with E-state index in [1.165, 1.54) is 0 Å². The Hall–Kier alpha value is -0.570. The zero-order valence-electron chi connectivity index (χ0n) is 7.20. The van der Waals surface area contributed by atoms with E-state index in [2.05, 4.69) is 0 Å². The summed E-state index contributed by atoms with van der Waals surface area (Å²) < 4.78 is 0. The van der Waals surface area contributed by atoms with Crippen molar-refractivity contribution in [3.63, 3.8) is 0 Å². The molecular formula is C9H15NO2. The molecule has 1 aliphatic carbocycles.